The summed E-state index contributed by atoms with van der Waals surface area (Å²) < 4.78 is 56.4. The maximum atomic E-state index is 14.3. The second kappa shape index (κ2) is 7.14. The SMILES string of the molecule is Fc1c(F)c(-c2c(Cl)c(Cl)c(Cl)c(Cl)c2Cl)c(F)c(F)c1CBr. The first-order valence-corrected chi connectivity index (χ1v) is 8.58. The molecule has 0 saturated carbocycles. The molecule has 124 valence electrons. The van der Waals surface area contributed by atoms with Gasteiger partial charge in [0, 0.05) is 16.5 Å². The average molecular weight is 491 g/mol. The minimum absolute atomic E-state index is 0.258. The zero-order valence-corrected chi connectivity index (χ0v) is 15.9. The van der Waals surface area contributed by atoms with Gasteiger partial charge < -0.3 is 0 Å². The number of hydrogen-bond donors (Lipinski definition) is 0. The average Bonchev–Trinajstić information content (AvgIpc) is 2.53. The van der Waals surface area contributed by atoms with Crippen LogP contribution in [0.5, 0.6) is 0 Å². The molecule has 0 fully saturated rings. The summed E-state index contributed by atoms with van der Waals surface area (Å²) in [5.41, 5.74) is -2.54. The summed E-state index contributed by atoms with van der Waals surface area (Å²) in [7, 11) is 0. The largest absolute Gasteiger partial charge is 0.203 e. The van der Waals surface area contributed by atoms with Crippen molar-refractivity contribution in [1.29, 1.82) is 0 Å². The summed E-state index contributed by atoms with van der Waals surface area (Å²) >= 11 is 31.9. The van der Waals surface area contributed by atoms with E-state index in [0.29, 0.717) is 0 Å². The van der Waals surface area contributed by atoms with Crippen molar-refractivity contribution in [2.45, 2.75) is 5.33 Å². The van der Waals surface area contributed by atoms with Crippen LogP contribution in [0.3, 0.4) is 0 Å². The van der Waals surface area contributed by atoms with Gasteiger partial charge in [-0.05, 0) is 0 Å². The van der Waals surface area contributed by atoms with Gasteiger partial charge in [0.15, 0.2) is 23.3 Å². The van der Waals surface area contributed by atoms with Gasteiger partial charge in [0.1, 0.15) is 0 Å². The molecule has 0 bridgehead atoms. The van der Waals surface area contributed by atoms with Gasteiger partial charge in [-0.25, -0.2) is 17.6 Å². The smallest absolute Gasteiger partial charge is 0.170 e. The molecule has 0 spiro atoms. The molecule has 2 rings (SSSR count). The summed E-state index contributed by atoms with van der Waals surface area (Å²) in [6.07, 6.45) is 0. The van der Waals surface area contributed by atoms with Crippen molar-refractivity contribution in [2.75, 3.05) is 0 Å². The Hall–Kier alpha value is 0.0900. The van der Waals surface area contributed by atoms with E-state index in [-0.39, 0.29) is 15.1 Å². The molecule has 0 aliphatic carbocycles. The van der Waals surface area contributed by atoms with E-state index >= 15 is 0 Å². The molecule has 0 aliphatic rings. The fourth-order valence-corrected chi connectivity index (χ4v) is 3.66. The quantitative estimate of drug-likeness (QED) is 0.173. The van der Waals surface area contributed by atoms with Crippen LogP contribution in [0.4, 0.5) is 17.6 Å². The number of alkyl halides is 1. The molecule has 2 aromatic carbocycles. The lowest BCUT2D eigenvalue weighted by Gasteiger charge is -2.16. The van der Waals surface area contributed by atoms with E-state index in [1.807, 2.05) is 0 Å². The van der Waals surface area contributed by atoms with Gasteiger partial charge in [-0.15, -0.1) is 0 Å². The van der Waals surface area contributed by atoms with E-state index in [1.165, 1.54) is 0 Å². The Morgan fingerprint density at radius 3 is 1.26 bits per heavy atom. The highest BCUT2D eigenvalue weighted by Gasteiger charge is 2.30. The van der Waals surface area contributed by atoms with Crippen molar-refractivity contribution >= 4 is 73.9 Å². The predicted molar refractivity (Wildman–Crippen MR) is 89.4 cm³/mol. The highest BCUT2D eigenvalue weighted by Crippen LogP contribution is 2.50. The fraction of sp³-hybridized carbons (Fsp3) is 0.0769. The maximum Gasteiger partial charge on any atom is 0.170 e. The van der Waals surface area contributed by atoms with Gasteiger partial charge in [-0.2, -0.15) is 0 Å². The van der Waals surface area contributed by atoms with Crippen LogP contribution in [0.2, 0.25) is 25.1 Å². The first-order valence-electron chi connectivity index (χ1n) is 5.57. The highest BCUT2D eigenvalue weighted by molar-refractivity contribution is 9.08. The number of hydrogen-bond acceptors (Lipinski definition) is 0. The minimum Gasteiger partial charge on any atom is -0.203 e. The molecule has 0 aromatic heterocycles. The normalized spacial score (nSPS) is 11.2. The Morgan fingerprint density at radius 1 is 0.565 bits per heavy atom. The van der Waals surface area contributed by atoms with Crippen molar-refractivity contribution in [3.05, 3.63) is 53.9 Å². The van der Waals surface area contributed by atoms with Gasteiger partial charge in [-0.3, -0.25) is 0 Å². The van der Waals surface area contributed by atoms with Crippen LogP contribution in [0, 0.1) is 23.3 Å². The van der Waals surface area contributed by atoms with Crippen molar-refractivity contribution < 1.29 is 17.6 Å². The number of benzene rings is 2. The Balaban J connectivity index is 3.01. The molecule has 0 atom stereocenters. The van der Waals surface area contributed by atoms with Crippen molar-refractivity contribution in [3.63, 3.8) is 0 Å². The van der Waals surface area contributed by atoms with Crippen LogP contribution in [0.25, 0.3) is 11.1 Å². The van der Waals surface area contributed by atoms with Gasteiger partial charge in [0.25, 0.3) is 0 Å². The predicted octanol–water partition coefficient (Wildman–Crippen LogP) is 8.07. The molecule has 2 aromatic rings. The van der Waals surface area contributed by atoms with Crippen molar-refractivity contribution in [3.8, 4) is 11.1 Å². The lowest BCUT2D eigenvalue weighted by atomic mass is 10.0. The van der Waals surface area contributed by atoms with Crippen LogP contribution in [0.15, 0.2) is 0 Å². The summed E-state index contributed by atoms with van der Waals surface area (Å²) in [5, 5.41) is -2.40. The molecule has 0 amide bonds. The second-order valence-corrected chi connectivity index (χ2v) is 6.64. The molecule has 0 aliphatic heterocycles. The van der Waals surface area contributed by atoms with Crippen molar-refractivity contribution in [2.24, 2.45) is 0 Å². The fourth-order valence-electron chi connectivity index (χ4n) is 1.84. The van der Waals surface area contributed by atoms with Gasteiger partial charge in [0.05, 0.1) is 30.7 Å². The Kier molecular flexibility index (Phi) is 6.03. The molecule has 0 saturated heterocycles. The lowest BCUT2D eigenvalue weighted by Crippen LogP contribution is -2.05. The summed E-state index contributed by atoms with van der Waals surface area (Å²) in [6.45, 7) is 0. The summed E-state index contributed by atoms with van der Waals surface area (Å²) in [4.78, 5) is 0. The molecule has 10 heteroatoms. The van der Waals surface area contributed by atoms with E-state index in [1.54, 1.807) is 0 Å². The maximum absolute atomic E-state index is 14.3. The van der Waals surface area contributed by atoms with Crippen LogP contribution >= 0.6 is 73.9 Å². The Morgan fingerprint density at radius 2 is 0.913 bits per heavy atom. The first-order chi connectivity index (χ1) is 10.6. The van der Waals surface area contributed by atoms with Gasteiger partial charge in [0.2, 0.25) is 0 Å². The standard InChI is InChI=1S/C13H2BrCl5F4/c14-1-2-10(20)12(22)4(13(23)11(2)21)3-5(15)7(17)9(19)8(18)6(3)16/h1H2. The van der Waals surface area contributed by atoms with Gasteiger partial charge in [-0.1, -0.05) is 73.9 Å². The third kappa shape index (κ3) is 3.05. The highest BCUT2D eigenvalue weighted by atomic mass is 79.9. The third-order valence-corrected chi connectivity index (χ3v) is 5.79. The molecule has 0 nitrogen and oxygen atoms in total. The van der Waals surface area contributed by atoms with Crippen LogP contribution in [0.1, 0.15) is 5.56 Å². The molecule has 23 heavy (non-hydrogen) atoms. The van der Waals surface area contributed by atoms with Gasteiger partial charge >= 0.3 is 0 Å². The summed E-state index contributed by atoms with van der Waals surface area (Å²) in [5.74, 6) is -6.55. The number of rotatable bonds is 2. The third-order valence-electron chi connectivity index (χ3n) is 2.95. The van der Waals surface area contributed by atoms with E-state index in [2.05, 4.69) is 15.9 Å². The lowest BCUT2D eigenvalue weighted by molar-refractivity contribution is 0.448. The zero-order chi connectivity index (χ0) is 17.6. The van der Waals surface area contributed by atoms with Crippen LogP contribution in [-0.2, 0) is 5.33 Å². The minimum atomic E-state index is -1.68. The van der Waals surface area contributed by atoms with Crippen molar-refractivity contribution in [1.82, 2.24) is 0 Å². The summed E-state index contributed by atoms with van der Waals surface area (Å²) in [6, 6.07) is 0. The monoisotopic (exact) mass is 488 g/mol. The zero-order valence-electron chi connectivity index (χ0n) is 10.5. The topological polar surface area (TPSA) is 0 Å². The first kappa shape index (κ1) is 19.4. The molecule has 0 unspecified atom stereocenters. The molecule has 0 radical (unpaired) electrons. The Labute approximate surface area is 161 Å². The van der Waals surface area contributed by atoms with E-state index < -0.39 is 55.3 Å². The molecule has 0 N–H and O–H groups in total. The van der Waals surface area contributed by atoms with E-state index in [9.17, 15) is 17.6 Å². The van der Waals surface area contributed by atoms with Crippen LogP contribution in [-0.4, -0.2) is 0 Å². The number of halogens is 10. The second-order valence-electron chi connectivity index (χ2n) is 4.19. The molecular weight excluding hydrogens is 489 g/mol. The molecular formula is C13H2BrCl5F4. The van der Waals surface area contributed by atoms with E-state index in [0.717, 1.165) is 0 Å². The van der Waals surface area contributed by atoms with Crippen LogP contribution < -0.4 is 0 Å². The molecule has 0 heterocycles. The van der Waals surface area contributed by atoms with E-state index in [4.69, 9.17) is 58.0 Å². The Bertz CT molecular complexity index is 767.